The first-order chi connectivity index (χ1) is 5.84. The van der Waals surface area contributed by atoms with E-state index in [0.29, 0.717) is 10.0 Å². The molecular weight excluding hydrogens is 369 g/mol. The Morgan fingerprint density at radius 1 is 1.46 bits per heavy atom. The molecule has 0 fully saturated rings. The summed E-state index contributed by atoms with van der Waals surface area (Å²) in [5.74, 6) is 0. The van der Waals surface area contributed by atoms with Gasteiger partial charge in [0.25, 0.3) is 0 Å². The molecule has 0 heterocycles. The van der Waals surface area contributed by atoms with Gasteiger partial charge in [0.15, 0.2) is 0 Å². The summed E-state index contributed by atoms with van der Waals surface area (Å²) in [7, 11) is -3.64. The van der Waals surface area contributed by atoms with Gasteiger partial charge in [0.1, 0.15) is 0 Å². The Balaban J connectivity index is 3.62. The Bertz CT molecular complexity index is 444. The third-order valence-corrected chi connectivity index (χ3v) is 5.35. The van der Waals surface area contributed by atoms with Gasteiger partial charge in [0, 0.05) is 3.57 Å². The molecule has 0 aromatic heterocycles. The number of primary sulfonamides is 1. The summed E-state index contributed by atoms with van der Waals surface area (Å²) in [6.45, 7) is 1.71. The van der Waals surface area contributed by atoms with E-state index in [1.807, 2.05) is 28.7 Å². The molecule has 0 unspecified atom stereocenters. The number of rotatable bonds is 1. The second-order valence-electron chi connectivity index (χ2n) is 2.55. The monoisotopic (exact) mass is 375 g/mol. The van der Waals surface area contributed by atoms with Crippen LogP contribution in [0.1, 0.15) is 5.56 Å². The molecule has 1 aromatic carbocycles. The maximum atomic E-state index is 11.2. The molecule has 3 nitrogen and oxygen atoms in total. The zero-order valence-electron chi connectivity index (χ0n) is 6.71. The molecule has 0 atom stereocenters. The highest BCUT2D eigenvalue weighted by molar-refractivity contribution is 14.1. The van der Waals surface area contributed by atoms with Gasteiger partial charge < -0.3 is 0 Å². The smallest absolute Gasteiger partial charge is 0.225 e. The number of nitrogens with two attached hydrogens (primary N) is 1. The molecule has 0 spiro atoms. The van der Waals surface area contributed by atoms with Gasteiger partial charge in [-0.3, -0.25) is 0 Å². The first-order valence-corrected chi connectivity index (χ1v) is 6.73. The highest BCUT2D eigenvalue weighted by atomic mass is 127. The van der Waals surface area contributed by atoms with Crippen LogP contribution in [0.2, 0.25) is 0 Å². The Morgan fingerprint density at radius 2 is 2.00 bits per heavy atom. The zero-order valence-corrected chi connectivity index (χ0v) is 11.3. The lowest BCUT2D eigenvalue weighted by atomic mass is 10.2. The van der Waals surface area contributed by atoms with E-state index in [9.17, 15) is 8.42 Å². The first kappa shape index (κ1) is 11.4. The van der Waals surface area contributed by atoms with Crippen molar-refractivity contribution in [2.75, 3.05) is 0 Å². The predicted molar refractivity (Wildman–Crippen MR) is 63.0 cm³/mol. The standard InChI is InChI=1S/C7H7BrINO2S/c1-4-2-3-5(9)6(8)7(4)13(10,11)12/h2-3H,1H3,(H2,10,11,12). The molecule has 1 rings (SSSR count). The lowest BCUT2D eigenvalue weighted by Gasteiger charge is -2.06. The number of hydrogen-bond acceptors (Lipinski definition) is 2. The molecule has 0 aliphatic heterocycles. The van der Waals surface area contributed by atoms with Gasteiger partial charge in [-0.1, -0.05) is 6.07 Å². The molecule has 6 heteroatoms. The van der Waals surface area contributed by atoms with E-state index in [2.05, 4.69) is 15.9 Å². The number of aryl methyl sites for hydroxylation is 1. The van der Waals surface area contributed by atoms with Crippen molar-refractivity contribution in [3.63, 3.8) is 0 Å². The van der Waals surface area contributed by atoms with Crippen LogP contribution in [0.5, 0.6) is 0 Å². The fraction of sp³-hybridized carbons (Fsp3) is 0.143. The van der Waals surface area contributed by atoms with Crippen LogP contribution in [0, 0.1) is 10.5 Å². The lowest BCUT2D eigenvalue weighted by molar-refractivity contribution is 0.596. The van der Waals surface area contributed by atoms with E-state index in [4.69, 9.17) is 5.14 Å². The van der Waals surface area contributed by atoms with E-state index in [0.717, 1.165) is 3.57 Å². The van der Waals surface area contributed by atoms with Crippen LogP contribution in [0.3, 0.4) is 0 Å². The van der Waals surface area contributed by atoms with E-state index in [-0.39, 0.29) is 4.90 Å². The molecule has 13 heavy (non-hydrogen) atoms. The van der Waals surface area contributed by atoms with Crippen LogP contribution in [-0.2, 0) is 10.0 Å². The minimum absolute atomic E-state index is 0.166. The topological polar surface area (TPSA) is 60.2 Å². The number of halogens is 2. The van der Waals surface area contributed by atoms with Crippen molar-refractivity contribution < 1.29 is 8.42 Å². The molecule has 1 aromatic rings. The first-order valence-electron chi connectivity index (χ1n) is 3.31. The summed E-state index contributed by atoms with van der Waals surface area (Å²) in [6, 6.07) is 3.56. The van der Waals surface area contributed by atoms with E-state index in [1.54, 1.807) is 13.0 Å². The highest BCUT2D eigenvalue weighted by Crippen LogP contribution is 2.28. The fourth-order valence-electron chi connectivity index (χ4n) is 0.978. The van der Waals surface area contributed by atoms with Crippen LogP contribution in [0.4, 0.5) is 0 Å². The van der Waals surface area contributed by atoms with Gasteiger partial charge in [-0.05, 0) is 57.1 Å². The molecule has 0 bridgehead atoms. The van der Waals surface area contributed by atoms with Crippen LogP contribution in [-0.4, -0.2) is 8.42 Å². The van der Waals surface area contributed by atoms with E-state index >= 15 is 0 Å². The molecule has 0 saturated heterocycles. The van der Waals surface area contributed by atoms with Crippen molar-refractivity contribution in [3.8, 4) is 0 Å². The van der Waals surface area contributed by atoms with Crippen molar-refractivity contribution in [1.29, 1.82) is 0 Å². The van der Waals surface area contributed by atoms with Crippen molar-refractivity contribution in [2.45, 2.75) is 11.8 Å². The van der Waals surface area contributed by atoms with E-state index < -0.39 is 10.0 Å². The molecule has 72 valence electrons. The van der Waals surface area contributed by atoms with E-state index in [1.165, 1.54) is 0 Å². The summed E-state index contributed by atoms with van der Waals surface area (Å²) in [5, 5.41) is 5.07. The quantitative estimate of drug-likeness (QED) is 0.763. The number of hydrogen-bond donors (Lipinski definition) is 1. The molecule has 2 N–H and O–H groups in total. The summed E-state index contributed by atoms with van der Waals surface area (Å²) in [4.78, 5) is 0.166. The third-order valence-electron chi connectivity index (χ3n) is 1.53. The van der Waals surface area contributed by atoms with Crippen LogP contribution < -0.4 is 5.14 Å². The fourth-order valence-corrected chi connectivity index (χ4v) is 3.61. The highest BCUT2D eigenvalue weighted by Gasteiger charge is 2.17. The average Bonchev–Trinajstić information content (AvgIpc) is 1.95. The maximum absolute atomic E-state index is 11.2. The van der Waals surface area contributed by atoms with Crippen LogP contribution >= 0.6 is 38.5 Å². The predicted octanol–water partition coefficient (Wildman–Crippen LogP) is 2.01. The Morgan fingerprint density at radius 3 is 2.38 bits per heavy atom. The molecule has 0 saturated carbocycles. The molecule has 0 aliphatic carbocycles. The summed E-state index contributed by atoms with van der Waals surface area (Å²) >= 11 is 5.24. The molecule has 0 amide bonds. The molecule has 0 aliphatic rings. The van der Waals surface area contributed by atoms with Crippen molar-refractivity contribution in [2.24, 2.45) is 5.14 Å². The van der Waals surface area contributed by atoms with Crippen molar-refractivity contribution >= 4 is 48.5 Å². The normalized spacial score (nSPS) is 11.7. The Kier molecular flexibility index (Phi) is 3.37. The van der Waals surface area contributed by atoms with Gasteiger partial charge in [-0.25, -0.2) is 13.6 Å². The zero-order chi connectivity index (χ0) is 10.2. The van der Waals surface area contributed by atoms with Gasteiger partial charge in [-0.2, -0.15) is 0 Å². The van der Waals surface area contributed by atoms with Gasteiger partial charge in [0.05, 0.1) is 9.37 Å². The third kappa shape index (κ3) is 2.42. The summed E-state index contributed by atoms with van der Waals surface area (Å²) in [6.07, 6.45) is 0. The SMILES string of the molecule is Cc1ccc(I)c(Br)c1S(N)(=O)=O. The second-order valence-corrected chi connectivity index (χ2v) is 6.01. The van der Waals surface area contributed by atoms with Crippen LogP contribution in [0.25, 0.3) is 0 Å². The Hall–Kier alpha value is 0.340. The van der Waals surface area contributed by atoms with Gasteiger partial charge >= 0.3 is 0 Å². The van der Waals surface area contributed by atoms with Gasteiger partial charge in [-0.15, -0.1) is 0 Å². The maximum Gasteiger partial charge on any atom is 0.239 e. The van der Waals surface area contributed by atoms with Crippen LogP contribution in [0.15, 0.2) is 21.5 Å². The number of sulfonamides is 1. The molecular formula is C7H7BrINO2S. The van der Waals surface area contributed by atoms with Crippen molar-refractivity contribution in [1.82, 2.24) is 0 Å². The second kappa shape index (κ2) is 3.84. The van der Waals surface area contributed by atoms with Crippen molar-refractivity contribution in [3.05, 3.63) is 25.7 Å². The number of benzene rings is 1. The summed E-state index contributed by atoms with van der Waals surface area (Å²) in [5.41, 5.74) is 0.648. The minimum atomic E-state index is -3.64. The Labute approximate surface area is 99.0 Å². The lowest BCUT2D eigenvalue weighted by Crippen LogP contribution is -2.14. The molecule has 0 radical (unpaired) electrons. The summed E-state index contributed by atoms with van der Waals surface area (Å²) < 4.78 is 23.7. The largest absolute Gasteiger partial charge is 0.239 e. The minimum Gasteiger partial charge on any atom is -0.225 e. The average molecular weight is 376 g/mol. The van der Waals surface area contributed by atoms with Gasteiger partial charge in [0.2, 0.25) is 10.0 Å².